The molecular formula is C18H20N2O3S. The van der Waals surface area contributed by atoms with Crippen molar-refractivity contribution in [3.63, 3.8) is 0 Å². The summed E-state index contributed by atoms with van der Waals surface area (Å²) >= 11 is 0. The van der Waals surface area contributed by atoms with Crippen molar-refractivity contribution in [3.8, 4) is 17.6 Å². The zero-order valence-corrected chi connectivity index (χ0v) is 14.3. The van der Waals surface area contributed by atoms with Crippen LogP contribution in [0.25, 0.3) is 0 Å². The summed E-state index contributed by atoms with van der Waals surface area (Å²) in [4.78, 5) is 4.16. The van der Waals surface area contributed by atoms with Gasteiger partial charge in [-0.25, -0.2) is 8.42 Å². The molecule has 0 bridgehead atoms. The second-order valence-corrected chi connectivity index (χ2v) is 6.82. The first-order chi connectivity index (χ1) is 11.6. The zero-order chi connectivity index (χ0) is 17.3. The van der Waals surface area contributed by atoms with Crippen LogP contribution in [0.2, 0.25) is 0 Å². The van der Waals surface area contributed by atoms with Crippen molar-refractivity contribution >= 4 is 10.0 Å². The molecule has 0 saturated heterocycles. The zero-order valence-electron chi connectivity index (χ0n) is 13.5. The van der Waals surface area contributed by atoms with Crippen LogP contribution in [0.4, 0.5) is 0 Å². The molecule has 1 aromatic carbocycles. The van der Waals surface area contributed by atoms with Gasteiger partial charge in [0.05, 0.1) is 17.6 Å². The highest BCUT2D eigenvalue weighted by Gasteiger charge is 2.12. The highest BCUT2D eigenvalue weighted by Crippen LogP contribution is 2.11. The summed E-state index contributed by atoms with van der Waals surface area (Å²) in [6, 6.07) is 10.5. The van der Waals surface area contributed by atoms with Crippen LogP contribution in [-0.4, -0.2) is 26.6 Å². The van der Waals surface area contributed by atoms with Gasteiger partial charge in [0.2, 0.25) is 10.0 Å². The van der Waals surface area contributed by atoms with Crippen molar-refractivity contribution in [2.24, 2.45) is 0 Å². The second kappa shape index (κ2) is 9.06. The summed E-state index contributed by atoms with van der Waals surface area (Å²) < 4.78 is 32.1. The van der Waals surface area contributed by atoms with E-state index in [1.807, 2.05) is 12.1 Å². The first-order valence-electron chi connectivity index (χ1n) is 7.69. The van der Waals surface area contributed by atoms with E-state index in [2.05, 4.69) is 28.5 Å². The van der Waals surface area contributed by atoms with E-state index in [-0.39, 0.29) is 18.0 Å². The van der Waals surface area contributed by atoms with Gasteiger partial charge in [-0.15, -0.1) is 0 Å². The summed E-state index contributed by atoms with van der Waals surface area (Å²) in [5.41, 5.74) is 1.13. The summed E-state index contributed by atoms with van der Waals surface area (Å²) in [5, 5.41) is 0. The van der Waals surface area contributed by atoms with Crippen molar-refractivity contribution < 1.29 is 13.2 Å². The van der Waals surface area contributed by atoms with Crippen molar-refractivity contribution in [1.29, 1.82) is 0 Å². The number of hydrogen-bond donors (Lipinski definition) is 1. The van der Waals surface area contributed by atoms with E-state index in [1.165, 1.54) is 0 Å². The molecule has 0 radical (unpaired) electrons. The monoisotopic (exact) mass is 344 g/mol. The number of ether oxygens (including phenoxy) is 1. The Labute approximate surface area is 143 Å². The van der Waals surface area contributed by atoms with Crippen LogP contribution in [0.5, 0.6) is 5.75 Å². The quantitative estimate of drug-likeness (QED) is 0.783. The Balaban J connectivity index is 1.81. The fourth-order valence-corrected chi connectivity index (χ4v) is 2.93. The topological polar surface area (TPSA) is 68.3 Å². The van der Waals surface area contributed by atoms with Crippen molar-refractivity contribution in [1.82, 2.24) is 9.71 Å². The number of aryl methyl sites for hydroxylation is 1. The van der Waals surface area contributed by atoms with Gasteiger partial charge >= 0.3 is 0 Å². The average molecular weight is 344 g/mol. The number of aromatic nitrogens is 1. The fraction of sp³-hybridized carbons (Fsp3) is 0.278. The Bertz CT molecular complexity index is 792. The molecule has 0 aliphatic carbocycles. The molecule has 0 amide bonds. The van der Waals surface area contributed by atoms with Gasteiger partial charge < -0.3 is 4.74 Å². The molecule has 1 aromatic heterocycles. The molecule has 0 fully saturated rings. The number of nitrogens with zero attached hydrogens (tertiary/aromatic N) is 1. The van der Waals surface area contributed by atoms with E-state index in [4.69, 9.17) is 4.74 Å². The maximum absolute atomic E-state index is 12.1. The molecule has 6 heteroatoms. The molecule has 2 aromatic rings. The molecule has 0 atom stereocenters. The van der Waals surface area contributed by atoms with Gasteiger partial charge in [0.25, 0.3) is 0 Å². The highest BCUT2D eigenvalue weighted by atomic mass is 32.2. The molecule has 0 aliphatic rings. The standard InChI is InChI=1S/C18H20N2O3S/c1-2-6-16-8-10-18(11-9-16)24(21,22)20-13-3-4-14-23-17-7-5-12-19-15-17/h5,7-12,15,20H,2,6,13-14H2,1H3. The van der Waals surface area contributed by atoms with Crippen LogP contribution < -0.4 is 9.46 Å². The van der Waals surface area contributed by atoms with E-state index in [1.54, 1.807) is 36.7 Å². The van der Waals surface area contributed by atoms with Crippen LogP contribution in [0.15, 0.2) is 53.7 Å². The van der Waals surface area contributed by atoms with Crippen molar-refractivity contribution in [2.45, 2.75) is 24.7 Å². The maximum Gasteiger partial charge on any atom is 0.241 e. The minimum absolute atomic E-state index is 0.0371. The van der Waals surface area contributed by atoms with Crippen LogP contribution in [-0.2, 0) is 16.4 Å². The average Bonchev–Trinajstić information content (AvgIpc) is 2.60. The number of nitrogens with one attached hydrogen (secondary N) is 1. The SMILES string of the molecule is CCCc1ccc(S(=O)(=O)NCC#CCOc2cccnc2)cc1. The molecule has 1 N–H and O–H groups in total. The van der Waals surface area contributed by atoms with E-state index in [0.29, 0.717) is 5.75 Å². The molecule has 0 unspecified atom stereocenters. The predicted molar refractivity (Wildman–Crippen MR) is 93.1 cm³/mol. The Morgan fingerprint density at radius 2 is 1.96 bits per heavy atom. The van der Waals surface area contributed by atoms with Crippen LogP contribution in [0.3, 0.4) is 0 Å². The van der Waals surface area contributed by atoms with E-state index >= 15 is 0 Å². The Hall–Kier alpha value is -2.36. The molecule has 5 nitrogen and oxygen atoms in total. The van der Waals surface area contributed by atoms with Gasteiger partial charge in [-0.05, 0) is 36.2 Å². The molecule has 0 aliphatic heterocycles. The van der Waals surface area contributed by atoms with Crippen LogP contribution in [0, 0.1) is 11.8 Å². The summed E-state index contributed by atoms with van der Waals surface area (Å²) in [6.07, 6.45) is 5.21. The first kappa shape index (κ1) is 18.0. The molecule has 24 heavy (non-hydrogen) atoms. The van der Waals surface area contributed by atoms with Crippen LogP contribution >= 0.6 is 0 Å². The lowest BCUT2D eigenvalue weighted by Crippen LogP contribution is -2.24. The fourth-order valence-electron chi connectivity index (χ4n) is 2.00. The number of hydrogen-bond acceptors (Lipinski definition) is 4. The van der Waals surface area contributed by atoms with Gasteiger partial charge in [-0.1, -0.05) is 37.3 Å². The predicted octanol–water partition coefficient (Wildman–Crippen LogP) is 2.39. The third-order valence-electron chi connectivity index (χ3n) is 3.19. The Kier molecular flexibility index (Phi) is 6.79. The lowest BCUT2D eigenvalue weighted by atomic mass is 10.1. The van der Waals surface area contributed by atoms with Gasteiger partial charge in [0, 0.05) is 6.20 Å². The Morgan fingerprint density at radius 3 is 2.62 bits per heavy atom. The van der Waals surface area contributed by atoms with Crippen molar-refractivity contribution in [2.75, 3.05) is 13.2 Å². The lowest BCUT2D eigenvalue weighted by Gasteiger charge is -2.05. The van der Waals surface area contributed by atoms with E-state index < -0.39 is 10.0 Å². The second-order valence-electron chi connectivity index (χ2n) is 5.05. The Morgan fingerprint density at radius 1 is 1.17 bits per heavy atom. The largest absolute Gasteiger partial charge is 0.479 e. The number of pyridine rings is 1. The molecule has 126 valence electrons. The number of rotatable bonds is 7. The number of sulfonamides is 1. The lowest BCUT2D eigenvalue weighted by molar-refractivity contribution is 0.368. The smallest absolute Gasteiger partial charge is 0.241 e. The third kappa shape index (κ3) is 5.69. The van der Waals surface area contributed by atoms with Gasteiger partial charge in [-0.2, -0.15) is 4.72 Å². The third-order valence-corrected chi connectivity index (χ3v) is 4.61. The molecular weight excluding hydrogens is 324 g/mol. The van der Waals surface area contributed by atoms with E-state index in [9.17, 15) is 8.42 Å². The summed E-state index contributed by atoms with van der Waals surface area (Å²) in [5.74, 6) is 6.11. The van der Waals surface area contributed by atoms with Gasteiger partial charge in [0.1, 0.15) is 12.4 Å². The highest BCUT2D eigenvalue weighted by molar-refractivity contribution is 7.89. The summed E-state index contributed by atoms with van der Waals surface area (Å²) in [6.45, 7) is 2.30. The molecule has 1 heterocycles. The molecule has 2 rings (SSSR count). The minimum Gasteiger partial charge on any atom is -0.479 e. The van der Waals surface area contributed by atoms with Crippen molar-refractivity contribution in [3.05, 3.63) is 54.4 Å². The van der Waals surface area contributed by atoms with Crippen LogP contribution in [0.1, 0.15) is 18.9 Å². The van der Waals surface area contributed by atoms with Gasteiger partial charge in [-0.3, -0.25) is 4.98 Å². The molecule has 0 spiro atoms. The number of benzene rings is 1. The minimum atomic E-state index is -3.53. The maximum atomic E-state index is 12.1. The van der Waals surface area contributed by atoms with E-state index in [0.717, 1.165) is 18.4 Å². The summed E-state index contributed by atoms with van der Waals surface area (Å²) in [7, 11) is -3.53. The normalized spacial score (nSPS) is 10.7. The first-order valence-corrected chi connectivity index (χ1v) is 9.17. The molecule has 0 saturated carbocycles. The van der Waals surface area contributed by atoms with Gasteiger partial charge in [0.15, 0.2) is 0 Å².